The zero-order chi connectivity index (χ0) is 18.2. The second-order valence-corrected chi connectivity index (χ2v) is 8.00. The molecule has 2 N–H and O–H groups in total. The van der Waals surface area contributed by atoms with Gasteiger partial charge in [-0.3, -0.25) is 0 Å². The molecule has 0 fully saturated rings. The third-order valence-corrected chi connectivity index (χ3v) is 5.45. The fraction of sp³-hybridized carbons (Fsp3) is 0.176. The number of furan rings is 1. The van der Waals surface area contributed by atoms with Crippen LogP contribution in [0, 0.1) is 5.82 Å². The van der Waals surface area contributed by atoms with Crippen LogP contribution >= 0.6 is 11.6 Å². The van der Waals surface area contributed by atoms with E-state index in [9.17, 15) is 17.9 Å². The van der Waals surface area contributed by atoms with Crippen molar-refractivity contribution in [1.29, 1.82) is 0 Å². The molecule has 1 atom stereocenters. The van der Waals surface area contributed by atoms with Crippen LogP contribution < -0.4 is 4.72 Å². The SMILES string of the molecule is CC(O)(CNS(=O)(=O)c1ccc(F)c(Cl)c1)c1cc2ccccc2o1. The Morgan fingerprint density at radius 1 is 1.24 bits per heavy atom. The molecule has 1 unspecified atom stereocenters. The molecule has 0 bridgehead atoms. The van der Waals surface area contributed by atoms with Crippen molar-refractivity contribution in [2.45, 2.75) is 17.4 Å². The summed E-state index contributed by atoms with van der Waals surface area (Å²) in [6, 6.07) is 11.9. The molecule has 0 saturated carbocycles. The number of halogens is 2. The number of aliphatic hydroxyl groups is 1. The molecule has 2 aromatic carbocycles. The maximum atomic E-state index is 13.2. The van der Waals surface area contributed by atoms with Gasteiger partial charge >= 0.3 is 0 Å². The number of nitrogens with one attached hydrogen (secondary N) is 1. The minimum absolute atomic E-state index is 0.195. The van der Waals surface area contributed by atoms with Crippen molar-refractivity contribution < 1.29 is 22.3 Å². The summed E-state index contributed by atoms with van der Waals surface area (Å²) in [6.07, 6.45) is 0. The van der Waals surface area contributed by atoms with Gasteiger partial charge in [-0.1, -0.05) is 29.8 Å². The molecule has 0 aliphatic carbocycles. The van der Waals surface area contributed by atoms with Gasteiger partial charge in [0.2, 0.25) is 10.0 Å². The van der Waals surface area contributed by atoms with Gasteiger partial charge in [0.1, 0.15) is 22.8 Å². The van der Waals surface area contributed by atoms with Crippen LogP contribution in [-0.4, -0.2) is 20.1 Å². The summed E-state index contributed by atoms with van der Waals surface area (Å²) in [4.78, 5) is -0.195. The molecule has 25 heavy (non-hydrogen) atoms. The minimum atomic E-state index is -3.97. The number of benzene rings is 2. The Morgan fingerprint density at radius 3 is 2.64 bits per heavy atom. The van der Waals surface area contributed by atoms with E-state index in [-0.39, 0.29) is 22.2 Å². The first-order valence-corrected chi connectivity index (χ1v) is 9.21. The number of para-hydroxylation sites is 1. The number of rotatable bonds is 5. The third kappa shape index (κ3) is 3.69. The highest BCUT2D eigenvalue weighted by Gasteiger charge is 2.30. The second kappa shape index (κ2) is 6.42. The monoisotopic (exact) mass is 383 g/mol. The summed E-state index contributed by atoms with van der Waals surface area (Å²) in [6.45, 7) is 1.11. The van der Waals surface area contributed by atoms with E-state index in [1.807, 2.05) is 12.1 Å². The molecule has 0 spiro atoms. The average Bonchev–Trinajstić information content (AvgIpc) is 3.01. The Kier molecular flexibility index (Phi) is 4.59. The van der Waals surface area contributed by atoms with Gasteiger partial charge in [0.15, 0.2) is 0 Å². The Morgan fingerprint density at radius 2 is 1.96 bits per heavy atom. The number of sulfonamides is 1. The zero-order valence-electron chi connectivity index (χ0n) is 13.2. The lowest BCUT2D eigenvalue weighted by molar-refractivity contribution is 0.0412. The first-order valence-electron chi connectivity index (χ1n) is 7.35. The van der Waals surface area contributed by atoms with Gasteiger partial charge in [-0.25, -0.2) is 17.5 Å². The van der Waals surface area contributed by atoms with Gasteiger partial charge in [-0.05, 0) is 37.3 Å². The van der Waals surface area contributed by atoms with Crippen molar-refractivity contribution in [3.8, 4) is 0 Å². The number of fused-ring (bicyclic) bond motifs is 1. The van der Waals surface area contributed by atoms with E-state index < -0.39 is 21.4 Å². The van der Waals surface area contributed by atoms with E-state index >= 15 is 0 Å². The zero-order valence-corrected chi connectivity index (χ0v) is 14.7. The lowest BCUT2D eigenvalue weighted by Crippen LogP contribution is -2.38. The molecule has 5 nitrogen and oxygen atoms in total. The molecule has 1 heterocycles. The van der Waals surface area contributed by atoms with Gasteiger partial charge < -0.3 is 9.52 Å². The predicted molar refractivity (Wildman–Crippen MR) is 92.4 cm³/mol. The van der Waals surface area contributed by atoms with Crippen molar-refractivity contribution in [3.05, 3.63) is 65.1 Å². The summed E-state index contributed by atoms with van der Waals surface area (Å²) >= 11 is 5.62. The van der Waals surface area contributed by atoms with Gasteiger partial charge in [-0.15, -0.1) is 0 Å². The third-order valence-electron chi connectivity index (χ3n) is 3.76. The van der Waals surface area contributed by atoms with Crippen LogP contribution in [0.4, 0.5) is 4.39 Å². The molecule has 1 aromatic heterocycles. The van der Waals surface area contributed by atoms with Crippen molar-refractivity contribution in [2.24, 2.45) is 0 Å². The van der Waals surface area contributed by atoms with E-state index in [0.717, 1.165) is 23.6 Å². The van der Waals surface area contributed by atoms with E-state index in [1.54, 1.807) is 18.2 Å². The van der Waals surface area contributed by atoms with Crippen molar-refractivity contribution in [1.82, 2.24) is 4.72 Å². The molecular weight excluding hydrogens is 369 g/mol. The first-order chi connectivity index (χ1) is 11.7. The van der Waals surface area contributed by atoms with Crippen LogP contribution in [0.5, 0.6) is 0 Å². The second-order valence-electron chi connectivity index (χ2n) is 5.82. The lowest BCUT2D eigenvalue weighted by atomic mass is 10.0. The summed E-state index contributed by atoms with van der Waals surface area (Å²) in [7, 11) is -3.97. The fourth-order valence-corrected chi connectivity index (χ4v) is 3.70. The standard InChI is InChI=1S/C17H15ClFNO4S/c1-17(21,16-8-11-4-2-3-5-15(11)24-16)10-20-25(22,23)12-6-7-14(19)13(18)9-12/h2-9,20-21H,10H2,1H3. The van der Waals surface area contributed by atoms with Gasteiger partial charge in [0, 0.05) is 11.9 Å². The Labute approximate surface area is 149 Å². The van der Waals surface area contributed by atoms with E-state index in [4.69, 9.17) is 16.0 Å². The van der Waals surface area contributed by atoms with E-state index in [0.29, 0.717) is 5.58 Å². The highest BCUT2D eigenvalue weighted by molar-refractivity contribution is 7.89. The molecule has 8 heteroatoms. The quantitative estimate of drug-likeness (QED) is 0.707. The Bertz CT molecular complexity index is 997. The van der Waals surface area contributed by atoms with E-state index in [2.05, 4.69) is 4.72 Å². The highest BCUT2D eigenvalue weighted by atomic mass is 35.5. The normalized spacial score (nSPS) is 14.6. The Hall–Kier alpha value is -1.93. The predicted octanol–water partition coefficient (Wildman–Crippen LogP) is 3.41. The molecule has 0 saturated heterocycles. The van der Waals surface area contributed by atoms with Gasteiger partial charge in [0.25, 0.3) is 0 Å². The van der Waals surface area contributed by atoms with Crippen LogP contribution in [0.1, 0.15) is 12.7 Å². The maximum Gasteiger partial charge on any atom is 0.240 e. The van der Waals surface area contributed by atoms with Crippen molar-refractivity contribution in [2.75, 3.05) is 6.54 Å². The van der Waals surface area contributed by atoms with Crippen LogP contribution in [0.25, 0.3) is 11.0 Å². The molecule has 0 amide bonds. The van der Waals surface area contributed by atoms with Gasteiger partial charge in [-0.2, -0.15) is 0 Å². The van der Waals surface area contributed by atoms with Crippen LogP contribution in [-0.2, 0) is 15.6 Å². The molecule has 3 rings (SSSR count). The lowest BCUT2D eigenvalue weighted by Gasteiger charge is -2.21. The highest BCUT2D eigenvalue weighted by Crippen LogP contribution is 2.28. The van der Waals surface area contributed by atoms with Crippen LogP contribution in [0.2, 0.25) is 5.02 Å². The maximum absolute atomic E-state index is 13.2. The first kappa shape index (κ1) is 17.9. The number of hydrogen-bond acceptors (Lipinski definition) is 4. The van der Waals surface area contributed by atoms with Gasteiger partial charge in [0.05, 0.1) is 9.92 Å². The molecular formula is C17H15ClFNO4S. The topological polar surface area (TPSA) is 79.5 Å². The van der Waals surface area contributed by atoms with Crippen LogP contribution in [0.15, 0.2) is 57.8 Å². The summed E-state index contributed by atoms with van der Waals surface area (Å²) in [5, 5.41) is 11.1. The molecule has 0 aliphatic heterocycles. The molecule has 132 valence electrons. The smallest absolute Gasteiger partial charge is 0.240 e. The van der Waals surface area contributed by atoms with E-state index in [1.165, 1.54) is 6.92 Å². The molecule has 0 aliphatic rings. The van der Waals surface area contributed by atoms with Crippen LogP contribution in [0.3, 0.4) is 0 Å². The summed E-state index contributed by atoms with van der Waals surface area (Å²) in [5.74, 6) is -0.483. The average molecular weight is 384 g/mol. The summed E-state index contributed by atoms with van der Waals surface area (Å²) < 4.78 is 45.7. The fourth-order valence-electron chi connectivity index (χ4n) is 2.30. The summed E-state index contributed by atoms with van der Waals surface area (Å²) in [5.41, 5.74) is -0.985. The Balaban J connectivity index is 1.81. The molecule has 0 radical (unpaired) electrons. The molecule has 3 aromatic rings. The van der Waals surface area contributed by atoms with Crippen molar-refractivity contribution in [3.63, 3.8) is 0 Å². The number of hydrogen-bond donors (Lipinski definition) is 2. The largest absolute Gasteiger partial charge is 0.458 e. The minimum Gasteiger partial charge on any atom is -0.458 e. The van der Waals surface area contributed by atoms with Crippen molar-refractivity contribution >= 4 is 32.6 Å².